The van der Waals surface area contributed by atoms with Gasteiger partial charge in [0, 0.05) is 11.6 Å². The molecule has 0 unspecified atom stereocenters. The summed E-state index contributed by atoms with van der Waals surface area (Å²) >= 11 is 0. The molecule has 0 saturated heterocycles. The van der Waals surface area contributed by atoms with Gasteiger partial charge in [-0.3, -0.25) is 9.59 Å². The maximum atomic E-state index is 13.4. The number of ether oxygens (including phenoxy) is 2. The number of hydrogen-bond donors (Lipinski definition) is 3. The molecule has 1 heterocycles. The van der Waals surface area contributed by atoms with E-state index in [-0.39, 0.29) is 42.5 Å². The van der Waals surface area contributed by atoms with Crippen LogP contribution in [-0.2, 0) is 0 Å². The second-order valence-electron chi connectivity index (χ2n) is 9.59. The second-order valence-corrected chi connectivity index (χ2v) is 9.59. The van der Waals surface area contributed by atoms with Crippen LogP contribution in [-0.4, -0.2) is 47.7 Å². The average molecular weight is 502 g/mol. The van der Waals surface area contributed by atoms with Crippen molar-refractivity contribution in [3.8, 4) is 11.5 Å². The minimum Gasteiger partial charge on any atom is -0.497 e. The van der Waals surface area contributed by atoms with Crippen LogP contribution in [0.2, 0.25) is 0 Å². The minimum absolute atomic E-state index is 0.00410. The Labute approximate surface area is 204 Å². The number of aryl methyl sites for hydroxylation is 1. The predicted octanol–water partition coefficient (Wildman–Crippen LogP) is 4.75. The summed E-state index contributed by atoms with van der Waals surface area (Å²) < 4.78 is 51.0. The Hall–Kier alpha value is -3.76. The van der Waals surface area contributed by atoms with Gasteiger partial charge in [0.15, 0.2) is 0 Å². The normalized spacial score (nSPS) is 22.7. The van der Waals surface area contributed by atoms with Crippen molar-refractivity contribution >= 4 is 28.5 Å². The van der Waals surface area contributed by atoms with E-state index in [1.165, 1.54) is 26.4 Å². The number of carbonyl (C=O) groups excluding carboxylic acids is 2. The highest BCUT2D eigenvalue weighted by molar-refractivity contribution is 6.15. The van der Waals surface area contributed by atoms with Crippen molar-refractivity contribution < 1.29 is 32.2 Å². The lowest BCUT2D eigenvalue weighted by Gasteiger charge is -2.48. The fraction of sp³-hybridized carbons (Fsp3) is 0.400. The molecule has 11 heteroatoms. The van der Waals surface area contributed by atoms with Crippen LogP contribution < -0.4 is 20.1 Å². The number of anilines is 1. The lowest BCUT2D eigenvalue weighted by atomic mass is 9.64. The van der Waals surface area contributed by atoms with Gasteiger partial charge in [-0.05, 0) is 56.9 Å². The molecule has 0 aliphatic heterocycles. The monoisotopic (exact) mass is 502 g/mol. The van der Waals surface area contributed by atoms with Crippen LogP contribution in [0, 0.1) is 12.3 Å². The summed E-state index contributed by atoms with van der Waals surface area (Å²) in [5.41, 5.74) is -1.12. The van der Waals surface area contributed by atoms with Gasteiger partial charge in [0.25, 0.3) is 11.8 Å². The number of rotatable bonds is 6. The lowest BCUT2D eigenvalue weighted by molar-refractivity contribution is -0.248. The number of carbonyl (C=O) groups is 2. The Morgan fingerprint density at radius 2 is 1.81 bits per heavy atom. The van der Waals surface area contributed by atoms with E-state index in [0.717, 1.165) is 0 Å². The van der Waals surface area contributed by atoms with Crippen LogP contribution >= 0.6 is 0 Å². The quantitative estimate of drug-likeness (QED) is 0.451. The number of aromatic amines is 1. The van der Waals surface area contributed by atoms with Crippen molar-refractivity contribution in [2.45, 2.75) is 44.3 Å². The largest absolute Gasteiger partial charge is 0.497 e. The number of methoxy groups -OCH3 is 2. The highest BCUT2D eigenvalue weighted by atomic mass is 19.4. The maximum Gasteiger partial charge on any atom is 0.394 e. The molecule has 0 radical (unpaired) electrons. The van der Waals surface area contributed by atoms with Crippen LogP contribution in [0.4, 0.5) is 18.9 Å². The van der Waals surface area contributed by atoms with Crippen LogP contribution in [0.5, 0.6) is 11.5 Å². The fourth-order valence-corrected chi connectivity index (χ4v) is 5.58. The van der Waals surface area contributed by atoms with E-state index < -0.39 is 28.9 Å². The van der Waals surface area contributed by atoms with E-state index in [1.807, 2.05) is 0 Å². The van der Waals surface area contributed by atoms with Gasteiger partial charge in [-0.25, -0.2) is 4.98 Å². The summed E-state index contributed by atoms with van der Waals surface area (Å²) in [7, 11) is 2.88. The Balaban J connectivity index is 1.44. The number of fused-ring (bicyclic) bond motifs is 2. The third-order valence-electron chi connectivity index (χ3n) is 7.32. The van der Waals surface area contributed by atoms with Crippen molar-refractivity contribution in [3.05, 3.63) is 47.3 Å². The van der Waals surface area contributed by atoms with Crippen LogP contribution in [0.25, 0.3) is 11.0 Å². The first kappa shape index (κ1) is 24.0. The number of benzene rings is 2. The molecular weight excluding hydrogens is 477 g/mol. The molecule has 3 aliphatic rings. The number of halogens is 3. The molecule has 1 aromatic heterocycles. The summed E-state index contributed by atoms with van der Waals surface area (Å²) in [6.45, 7) is 1.76. The predicted molar refractivity (Wildman–Crippen MR) is 125 cm³/mol. The number of nitrogens with one attached hydrogen (secondary N) is 3. The van der Waals surface area contributed by atoms with E-state index in [1.54, 1.807) is 25.1 Å². The molecule has 3 fully saturated rings. The Bertz CT molecular complexity index is 1380. The molecule has 0 atom stereocenters. The molecule has 3 aliphatic carbocycles. The summed E-state index contributed by atoms with van der Waals surface area (Å²) in [5.74, 6) is 0.168. The van der Waals surface area contributed by atoms with Crippen molar-refractivity contribution in [2.24, 2.45) is 5.41 Å². The molecule has 6 rings (SSSR count). The zero-order chi connectivity index (χ0) is 25.9. The Kier molecular flexibility index (Phi) is 5.42. The van der Waals surface area contributed by atoms with Gasteiger partial charge < -0.3 is 25.1 Å². The van der Waals surface area contributed by atoms with Gasteiger partial charge in [0.05, 0.1) is 36.4 Å². The lowest BCUT2D eigenvalue weighted by Crippen LogP contribution is -2.59. The van der Waals surface area contributed by atoms with E-state index in [2.05, 4.69) is 20.6 Å². The first-order valence-electron chi connectivity index (χ1n) is 11.4. The number of H-pyrrole nitrogens is 1. The van der Waals surface area contributed by atoms with Crippen molar-refractivity contribution in [3.63, 3.8) is 0 Å². The summed E-state index contributed by atoms with van der Waals surface area (Å²) in [5, 5.41) is 5.55. The van der Waals surface area contributed by atoms with E-state index in [9.17, 15) is 22.8 Å². The molecular formula is C25H25F3N4O4. The first-order chi connectivity index (χ1) is 17.0. The topological polar surface area (TPSA) is 105 Å². The van der Waals surface area contributed by atoms with Crippen molar-refractivity contribution in [1.82, 2.24) is 15.3 Å². The zero-order valence-electron chi connectivity index (χ0n) is 19.9. The summed E-state index contributed by atoms with van der Waals surface area (Å²) in [4.78, 5) is 34.1. The molecule has 0 spiro atoms. The number of alkyl halides is 3. The van der Waals surface area contributed by atoms with E-state index in [4.69, 9.17) is 9.47 Å². The van der Waals surface area contributed by atoms with Crippen LogP contribution in [0.3, 0.4) is 0 Å². The molecule has 8 nitrogen and oxygen atoms in total. The van der Waals surface area contributed by atoms with Gasteiger partial charge in [0.2, 0.25) is 0 Å². The molecule has 2 bridgehead atoms. The average Bonchev–Trinajstić information content (AvgIpc) is 3.48. The smallest absolute Gasteiger partial charge is 0.394 e. The van der Waals surface area contributed by atoms with Gasteiger partial charge >= 0.3 is 6.18 Å². The number of amides is 2. The SMILES string of the molecule is COc1ccc(C(=O)NC23CCC(C(F)(F)F)(C2)C3)c(NC(=O)c2c(OC)ccc3[nH]c(C)nc23)c1. The molecule has 190 valence electrons. The van der Waals surface area contributed by atoms with Crippen molar-refractivity contribution in [2.75, 3.05) is 19.5 Å². The maximum absolute atomic E-state index is 13.4. The number of imidazole rings is 1. The summed E-state index contributed by atoms with van der Waals surface area (Å²) in [6.07, 6.45) is -4.30. The number of hydrogen-bond acceptors (Lipinski definition) is 5. The van der Waals surface area contributed by atoms with Crippen molar-refractivity contribution in [1.29, 1.82) is 0 Å². The Morgan fingerprint density at radius 3 is 2.44 bits per heavy atom. The van der Waals surface area contributed by atoms with Gasteiger partial charge in [-0.15, -0.1) is 0 Å². The van der Waals surface area contributed by atoms with E-state index in [0.29, 0.717) is 28.4 Å². The molecule has 3 N–H and O–H groups in total. The highest BCUT2D eigenvalue weighted by Gasteiger charge is 2.72. The third-order valence-corrected chi connectivity index (χ3v) is 7.32. The Morgan fingerprint density at radius 1 is 1.06 bits per heavy atom. The molecule has 3 aromatic rings. The van der Waals surface area contributed by atoms with E-state index >= 15 is 0 Å². The molecule has 2 amide bonds. The van der Waals surface area contributed by atoms with Crippen LogP contribution in [0.1, 0.15) is 52.2 Å². The van der Waals surface area contributed by atoms with Gasteiger partial charge in [-0.1, -0.05) is 0 Å². The minimum atomic E-state index is -4.29. The standard InChI is InChI=1S/C25H25F3N4O4/c1-13-29-16-6-7-18(36-3)19(20(16)30-13)22(34)31-17-10-14(35-2)4-5-15(17)21(33)32-24-9-8-23(11-24,12-24)25(26,27)28/h4-7,10H,8-9,11-12H2,1-3H3,(H,29,30)(H,31,34)(H,32,33). The third kappa shape index (κ3) is 3.73. The van der Waals surface area contributed by atoms with Gasteiger partial charge in [-0.2, -0.15) is 13.2 Å². The molecule has 3 saturated carbocycles. The number of nitrogens with zero attached hydrogens (tertiary/aromatic N) is 1. The summed E-state index contributed by atoms with van der Waals surface area (Å²) in [6, 6.07) is 7.90. The highest BCUT2D eigenvalue weighted by Crippen LogP contribution is 2.68. The zero-order valence-corrected chi connectivity index (χ0v) is 19.9. The van der Waals surface area contributed by atoms with Gasteiger partial charge in [0.1, 0.15) is 28.4 Å². The fourth-order valence-electron chi connectivity index (χ4n) is 5.58. The van der Waals surface area contributed by atoms with Crippen LogP contribution in [0.15, 0.2) is 30.3 Å². The molecule has 2 aromatic carbocycles. The number of aromatic nitrogens is 2. The second kappa shape index (κ2) is 8.14. The first-order valence-corrected chi connectivity index (χ1v) is 11.4. The molecule has 36 heavy (non-hydrogen) atoms.